The minimum Gasteiger partial charge on any atom is -0.487 e. The molecule has 0 N–H and O–H groups in total. The van der Waals surface area contributed by atoms with E-state index in [1.807, 2.05) is 13.0 Å². The highest BCUT2D eigenvalue weighted by Gasteiger charge is 2.10. The first-order chi connectivity index (χ1) is 8.69. The van der Waals surface area contributed by atoms with E-state index in [2.05, 4.69) is 32.1 Å². The molecule has 0 aliphatic heterocycles. The number of halogens is 1. The molecule has 0 spiro atoms. The minimum atomic E-state index is -0.104. The first-order valence-corrected chi connectivity index (χ1v) is 6.17. The molecule has 92 valence electrons. The largest absolute Gasteiger partial charge is 0.487 e. The van der Waals surface area contributed by atoms with Crippen molar-refractivity contribution in [2.45, 2.75) is 19.6 Å². The SMILES string of the molecule is CC(Cn1cncn1)Oc1cc(Br)ccc1C#N. The summed E-state index contributed by atoms with van der Waals surface area (Å²) in [5, 5.41) is 13.0. The number of hydrogen-bond donors (Lipinski definition) is 0. The van der Waals surface area contributed by atoms with Crippen molar-refractivity contribution in [2.75, 3.05) is 0 Å². The van der Waals surface area contributed by atoms with Gasteiger partial charge < -0.3 is 4.74 Å². The van der Waals surface area contributed by atoms with E-state index < -0.39 is 0 Å². The van der Waals surface area contributed by atoms with Gasteiger partial charge in [-0.3, -0.25) is 0 Å². The van der Waals surface area contributed by atoms with Gasteiger partial charge in [-0.2, -0.15) is 10.4 Å². The third-order valence-corrected chi connectivity index (χ3v) is 2.80. The highest BCUT2D eigenvalue weighted by molar-refractivity contribution is 9.10. The van der Waals surface area contributed by atoms with Crippen LogP contribution in [0, 0.1) is 11.3 Å². The Morgan fingerprint density at radius 3 is 3.06 bits per heavy atom. The van der Waals surface area contributed by atoms with Gasteiger partial charge in [0.05, 0.1) is 12.1 Å². The van der Waals surface area contributed by atoms with Crippen molar-refractivity contribution in [1.82, 2.24) is 14.8 Å². The second-order valence-corrected chi connectivity index (χ2v) is 4.71. The van der Waals surface area contributed by atoms with Crippen LogP contribution < -0.4 is 4.74 Å². The van der Waals surface area contributed by atoms with Crippen LogP contribution in [0.5, 0.6) is 5.75 Å². The minimum absolute atomic E-state index is 0.104. The van der Waals surface area contributed by atoms with Crippen LogP contribution in [0.25, 0.3) is 0 Å². The predicted molar refractivity (Wildman–Crippen MR) is 69.0 cm³/mol. The zero-order valence-electron chi connectivity index (χ0n) is 9.75. The lowest BCUT2D eigenvalue weighted by molar-refractivity contribution is 0.193. The monoisotopic (exact) mass is 306 g/mol. The Labute approximate surface area is 113 Å². The van der Waals surface area contributed by atoms with Crippen molar-refractivity contribution < 1.29 is 4.74 Å². The van der Waals surface area contributed by atoms with Crippen molar-refractivity contribution in [1.29, 1.82) is 5.26 Å². The van der Waals surface area contributed by atoms with Crippen LogP contribution in [0.4, 0.5) is 0 Å². The summed E-state index contributed by atoms with van der Waals surface area (Å²) in [5.41, 5.74) is 0.517. The second-order valence-electron chi connectivity index (χ2n) is 3.80. The summed E-state index contributed by atoms with van der Waals surface area (Å²) >= 11 is 3.36. The predicted octanol–water partition coefficient (Wildman–Crippen LogP) is 2.38. The summed E-state index contributed by atoms with van der Waals surface area (Å²) in [6.07, 6.45) is 3.01. The highest BCUT2D eigenvalue weighted by atomic mass is 79.9. The standard InChI is InChI=1S/C12H11BrN4O/c1-9(6-17-8-15-7-16-17)18-12-4-11(13)3-2-10(12)5-14/h2-4,7-9H,6H2,1H3. The molecule has 18 heavy (non-hydrogen) atoms. The van der Waals surface area contributed by atoms with E-state index in [9.17, 15) is 0 Å². The molecule has 1 unspecified atom stereocenters. The molecular formula is C12H11BrN4O. The van der Waals surface area contributed by atoms with Gasteiger partial charge in [-0.25, -0.2) is 9.67 Å². The molecule has 1 heterocycles. The quantitative estimate of drug-likeness (QED) is 0.870. The van der Waals surface area contributed by atoms with Crippen LogP contribution in [0.2, 0.25) is 0 Å². The Hall–Kier alpha value is -1.87. The van der Waals surface area contributed by atoms with Crippen molar-refractivity contribution in [2.24, 2.45) is 0 Å². The number of rotatable bonds is 4. The number of aromatic nitrogens is 3. The first-order valence-electron chi connectivity index (χ1n) is 5.38. The summed E-state index contributed by atoms with van der Waals surface area (Å²) in [6.45, 7) is 2.50. The smallest absolute Gasteiger partial charge is 0.138 e. The molecule has 0 amide bonds. The second kappa shape index (κ2) is 5.65. The lowest BCUT2D eigenvalue weighted by Crippen LogP contribution is -2.20. The molecule has 0 saturated carbocycles. The third-order valence-electron chi connectivity index (χ3n) is 2.30. The average Bonchev–Trinajstić information content (AvgIpc) is 2.82. The molecular weight excluding hydrogens is 296 g/mol. The molecule has 0 saturated heterocycles. The van der Waals surface area contributed by atoms with E-state index in [-0.39, 0.29) is 6.10 Å². The van der Waals surface area contributed by atoms with Crippen molar-refractivity contribution in [3.05, 3.63) is 40.9 Å². The fourth-order valence-corrected chi connectivity index (χ4v) is 1.87. The van der Waals surface area contributed by atoms with Crippen LogP contribution in [-0.4, -0.2) is 20.9 Å². The zero-order valence-corrected chi connectivity index (χ0v) is 11.3. The Kier molecular flexibility index (Phi) is 3.95. The summed E-state index contributed by atoms with van der Waals surface area (Å²) in [5.74, 6) is 0.569. The van der Waals surface area contributed by atoms with E-state index in [1.165, 1.54) is 6.33 Å². The van der Waals surface area contributed by atoms with Crippen LogP contribution in [0.3, 0.4) is 0 Å². The maximum atomic E-state index is 9.01. The molecule has 0 aliphatic rings. The number of nitriles is 1. The number of benzene rings is 1. The van der Waals surface area contributed by atoms with Crippen molar-refractivity contribution >= 4 is 15.9 Å². The van der Waals surface area contributed by atoms with Crippen molar-refractivity contribution in [3.63, 3.8) is 0 Å². The lowest BCUT2D eigenvalue weighted by atomic mass is 10.2. The summed E-state index contributed by atoms with van der Waals surface area (Å²) in [7, 11) is 0. The fraction of sp³-hybridized carbons (Fsp3) is 0.250. The van der Waals surface area contributed by atoms with Gasteiger partial charge in [0.2, 0.25) is 0 Å². The van der Waals surface area contributed by atoms with Crippen LogP contribution >= 0.6 is 15.9 Å². The van der Waals surface area contributed by atoms with Gasteiger partial charge in [0.1, 0.15) is 30.6 Å². The summed E-state index contributed by atoms with van der Waals surface area (Å²) < 4.78 is 8.32. The van der Waals surface area contributed by atoms with Crippen LogP contribution in [0.1, 0.15) is 12.5 Å². The molecule has 2 aromatic rings. The van der Waals surface area contributed by atoms with Crippen LogP contribution in [-0.2, 0) is 6.54 Å². The van der Waals surface area contributed by atoms with E-state index in [0.717, 1.165) is 4.47 Å². The van der Waals surface area contributed by atoms with Crippen molar-refractivity contribution in [3.8, 4) is 11.8 Å². The summed E-state index contributed by atoms with van der Waals surface area (Å²) in [6, 6.07) is 7.43. The molecule has 0 aliphatic carbocycles. The molecule has 1 aromatic heterocycles. The van der Waals surface area contributed by atoms with Gasteiger partial charge in [0, 0.05) is 4.47 Å². The van der Waals surface area contributed by atoms with Gasteiger partial charge in [-0.1, -0.05) is 15.9 Å². The topological polar surface area (TPSA) is 63.7 Å². The molecule has 5 nitrogen and oxygen atoms in total. The van der Waals surface area contributed by atoms with E-state index in [4.69, 9.17) is 10.00 Å². The zero-order chi connectivity index (χ0) is 13.0. The number of hydrogen-bond acceptors (Lipinski definition) is 4. The molecule has 0 fully saturated rings. The lowest BCUT2D eigenvalue weighted by Gasteiger charge is -2.15. The molecule has 1 aromatic carbocycles. The Balaban J connectivity index is 2.09. The Bertz CT molecular complexity index is 562. The van der Waals surface area contributed by atoms with Gasteiger partial charge in [0.15, 0.2) is 0 Å². The molecule has 2 rings (SSSR count). The Morgan fingerprint density at radius 1 is 1.56 bits per heavy atom. The van der Waals surface area contributed by atoms with Gasteiger partial charge in [-0.15, -0.1) is 0 Å². The highest BCUT2D eigenvalue weighted by Crippen LogP contribution is 2.24. The fourth-order valence-electron chi connectivity index (χ4n) is 1.53. The first kappa shape index (κ1) is 12.6. The third kappa shape index (κ3) is 3.08. The van der Waals surface area contributed by atoms with Gasteiger partial charge >= 0.3 is 0 Å². The Morgan fingerprint density at radius 2 is 2.39 bits per heavy atom. The molecule has 0 radical (unpaired) electrons. The van der Waals surface area contributed by atoms with Crippen LogP contribution in [0.15, 0.2) is 35.3 Å². The summed E-state index contributed by atoms with van der Waals surface area (Å²) in [4.78, 5) is 3.87. The number of ether oxygens (including phenoxy) is 1. The average molecular weight is 307 g/mol. The number of nitrogens with zero attached hydrogens (tertiary/aromatic N) is 4. The van der Waals surface area contributed by atoms with E-state index in [1.54, 1.807) is 23.1 Å². The molecule has 1 atom stereocenters. The maximum Gasteiger partial charge on any atom is 0.138 e. The van der Waals surface area contributed by atoms with Gasteiger partial charge in [-0.05, 0) is 25.1 Å². The normalized spacial score (nSPS) is 11.8. The molecule has 6 heteroatoms. The van der Waals surface area contributed by atoms with E-state index in [0.29, 0.717) is 17.9 Å². The molecule has 0 bridgehead atoms. The van der Waals surface area contributed by atoms with Gasteiger partial charge in [0.25, 0.3) is 0 Å². The maximum absolute atomic E-state index is 9.01. The van der Waals surface area contributed by atoms with E-state index >= 15 is 0 Å².